The molecule has 2 rings (SSSR count). The van der Waals surface area contributed by atoms with Gasteiger partial charge in [-0.2, -0.15) is 0 Å². The molecule has 5 nitrogen and oxygen atoms in total. The Balaban J connectivity index is 1.89. The summed E-state index contributed by atoms with van der Waals surface area (Å²) < 4.78 is 10.5. The zero-order valence-electron chi connectivity index (χ0n) is 12.6. The van der Waals surface area contributed by atoms with Crippen LogP contribution >= 0.6 is 0 Å². The molecular weight excluding hydrogens is 268 g/mol. The van der Waals surface area contributed by atoms with Crippen LogP contribution in [0.4, 0.5) is 0 Å². The van der Waals surface area contributed by atoms with Gasteiger partial charge < -0.3 is 9.47 Å². The molecule has 21 heavy (non-hydrogen) atoms. The quantitative estimate of drug-likeness (QED) is 0.761. The summed E-state index contributed by atoms with van der Waals surface area (Å²) in [6, 6.07) is 9.77. The third-order valence-electron chi connectivity index (χ3n) is 3.51. The number of rotatable bonds is 7. The Bertz CT molecular complexity index is 419. The van der Waals surface area contributed by atoms with Crippen LogP contribution in [0.1, 0.15) is 12.5 Å². The van der Waals surface area contributed by atoms with Gasteiger partial charge in [-0.25, -0.2) is 0 Å². The molecule has 1 aromatic carbocycles. The van der Waals surface area contributed by atoms with Crippen molar-refractivity contribution in [3.8, 4) is 0 Å². The van der Waals surface area contributed by atoms with Crippen LogP contribution in [-0.2, 0) is 20.8 Å². The zero-order valence-corrected chi connectivity index (χ0v) is 12.6. The van der Waals surface area contributed by atoms with Crippen molar-refractivity contribution in [2.75, 3.05) is 39.5 Å². The topological polar surface area (TPSA) is 50.8 Å². The highest BCUT2D eigenvalue weighted by Crippen LogP contribution is 2.03. The van der Waals surface area contributed by atoms with E-state index in [-0.39, 0.29) is 12.0 Å². The van der Waals surface area contributed by atoms with Gasteiger partial charge in [0.1, 0.15) is 6.04 Å². The van der Waals surface area contributed by atoms with Gasteiger partial charge in [0.05, 0.1) is 19.8 Å². The molecule has 1 aliphatic rings. The molecule has 0 aromatic heterocycles. The molecule has 1 fully saturated rings. The Morgan fingerprint density at radius 3 is 2.71 bits per heavy atom. The summed E-state index contributed by atoms with van der Waals surface area (Å²) in [5.41, 5.74) is 1.16. The van der Waals surface area contributed by atoms with Crippen molar-refractivity contribution in [2.45, 2.75) is 19.5 Å². The number of morpholine rings is 1. The van der Waals surface area contributed by atoms with Crippen LogP contribution in [0.2, 0.25) is 0 Å². The van der Waals surface area contributed by atoms with Gasteiger partial charge in [-0.1, -0.05) is 30.3 Å². The molecule has 0 aliphatic carbocycles. The molecule has 0 amide bonds. The van der Waals surface area contributed by atoms with Crippen molar-refractivity contribution in [2.24, 2.45) is 0 Å². The van der Waals surface area contributed by atoms with Gasteiger partial charge in [0.15, 0.2) is 0 Å². The first-order valence-corrected chi connectivity index (χ1v) is 7.53. The van der Waals surface area contributed by atoms with Gasteiger partial charge in [-0.05, 0) is 12.5 Å². The van der Waals surface area contributed by atoms with Crippen LogP contribution < -0.4 is 5.32 Å². The van der Waals surface area contributed by atoms with E-state index >= 15 is 0 Å². The molecule has 0 radical (unpaired) electrons. The molecule has 0 bridgehead atoms. The fourth-order valence-electron chi connectivity index (χ4n) is 2.34. The monoisotopic (exact) mass is 292 g/mol. The van der Waals surface area contributed by atoms with E-state index in [1.165, 1.54) is 0 Å². The summed E-state index contributed by atoms with van der Waals surface area (Å²) in [5.74, 6) is -0.181. The number of carbonyl (C=O) groups excluding carboxylic acids is 1. The molecular formula is C16H24N2O3. The maximum Gasteiger partial charge on any atom is 0.324 e. The van der Waals surface area contributed by atoms with Gasteiger partial charge in [-0.3, -0.25) is 15.0 Å². The Morgan fingerprint density at radius 2 is 2.05 bits per heavy atom. The maximum atomic E-state index is 12.1. The van der Waals surface area contributed by atoms with E-state index in [2.05, 4.69) is 10.2 Å². The predicted molar refractivity (Wildman–Crippen MR) is 81.0 cm³/mol. The van der Waals surface area contributed by atoms with Crippen LogP contribution in [0, 0.1) is 0 Å². The highest BCUT2D eigenvalue weighted by atomic mass is 16.5. The van der Waals surface area contributed by atoms with Crippen LogP contribution in [0.5, 0.6) is 0 Å². The largest absolute Gasteiger partial charge is 0.465 e. The van der Waals surface area contributed by atoms with E-state index in [0.717, 1.165) is 31.9 Å². The second-order valence-electron chi connectivity index (χ2n) is 5.08. The van der Waals surface area contributed by atoms with Gasteiger partial charge >= 0.3 is 5.97 Å². The van der Waals surface area contributed by atoms with Crippen LogP contribution in [0.15, 0.2) is 30.3 Å². The zero-order chi connectivity index (χ0) is 14.9. The molecule has 5 heteroatoms. The third kappa shape index (κ3) is 5.46. The van der Waals surface area contributed by atoms with Crippen molar-refractivity contribution >= 4 is 5.97 Å². The van der Waals surface area contributed by atoms with Crippen molar-refractivity contribution < 1.29 is 14.3 Å². The van der Waals surface area contributed by atoms with E-state index in [9.17, 15) is 4.79 Å². The van der Waals surface area contributed by atoms with E-state index < -0.39 is 0 Å². The number of hydrogen-bond donors (Lipinski definition) is 1. The molecule has 1 saturated heterocycles. The number of carbonyl (C=O) groups is 1. The van der Waals surface area contributed by atoms with Gasteiger partial charge in [-0.15, -0.1) is 0 Å². The average Bonchev–Trinajstić information content (AvgIpc) is 2.53. The predicted octanol–water partition coefficient (Wildman–Crippen LogP) is 1.04. The highest BCUT2D eigenvalue weighted by molar-refractivity contribution is 5.76. The number of esters is 1. The minimum absolute atomic E-state index is 0.181. The summed E-state index contributed by atoms with van der Waals surface area (Å²) in [4.78, 5) is 14.3. The number of benzene rings is 1. The van der Waals surface area contributed by atoms with Crippen molar-refractivity contribution in [3.05, 3.63) is 35.9 Å². The third-order valence-corrected chi connectivity index (χ3v) is 3.51. The number of hydrogen-bond acceptors (Lipinski definition) is 5. The standard InChI is InChI=1S/C16H24N2O3/c1-2-21-16(19)15(13-18-8-10-20-11-9-18)17-12-14-6-4-3-5-7-14/h3-7,15,17H,2,8-13H2,1H3. The second kappa shape index (κ2) is 8.77. The molecule has 1 unspecified atom stereocenters. The summed E-state index contributed by atoms with van der Waals surface area (Å²) >= 11 is 0. The fraction of sp³-hybridized carbons (Fsp3) is 0.562. The van der Waals surface area contributed by atoms with E-state index in [1.54, 1.807) is 0 Å². The first-order valence-electron chi connectivity index (χ1n) is 7.53. The normalized spacial score (nSPS) is 17.4. The molecule has 0 spiro atoms. The molecule has 1 atom stereocenters. The number of nitrogens with one attached hydrogen (secondary N) is 1. The summed E-state index contributed by atoms with van der Waals surface area (Å²) in [6.07, 6.45) is 0. The van der Waals surface area contributed by atoms with Gasteiger partial charge in [0.2, 0.25) is 0 Å². The number of ether oxygens (including phenoxy) is 2. The lowest BCUT2D eigenvalue weighted by atomic mass is 10.2. The molecule has 0 saturated carbocycles. The molecule has 116 valence electrons. The van der Waals surface area contributed by atoms with Crippen LogP contribution in [-0.4, -0.2) is 56.4 Å². The lowest BCUT2D eigenvalue weighted by molar-refractivity contribution is -0.146. The summed E-state index contributed by atoms with van der Waals surface area (Å²) in [6.45, 7) is 6.75. The molecule has 1 aliphatic heterocycles. The van der Waals surface area contributed by atoms with Crippen LogP contribution in [0.25, 0.3) is 0 Å². The van der Waals surface area contributed by atoms with Gasteiger partial charge in [0, 0.05) is 26.2 Å². The lowest BCUT2D eigenvalue weighted by Crippen LogP contribution is -2.49. The Kier molecular flexibility index (Phi) is 6.66. The Hall–Kier alpha value is -1.43. The molecule has 1 aromatic rings. The number of nitrogens with zero attached hydrogens (tertiary/aromatic N) is 1. The molecule has 1 N–H and O–H groups in total. The Labute approximate surface area is 126 Å². The first-order chi connectivity index (χ1) is 10.3. The minimum Gasteiger partial charge on any atom is -0.465 e. The second-order valence-corrected chi connectivity index (χ2v) is 5.08. The summed E-state index contributed by atoms with van der Waals surface area (Å²) in [5, 5.41) is 3.31. The Morgan fingerprint density at radius 1 is 1.33 bits per heavy atom. The minimum atomic E-state index is -0.303. The lowest BCUT2D eigenvalue weighted by Gasteiger charge is -2.30. The van der Waals surface area contributed by atoms with Gasteiger partial charge in [0.25, 0.3) is 0 Å². The maximum absolute atomic E-state index is 12.1. The van der Waals surface area contributed by atoms with E-state index in [1.807, 2.05) is 37.3 Å². The fourth-order valence-corrected chi connectivity index (χ4v) is 2.34. The van der Waals surface area contributed by atoms with E-state index in [4.69, 9.17) is 9.47 Å². The van der Waals surface area contributed by atoms with Crippen molar-refractivity contribution in [1.29, 1.82) is 0 Å². The highest BCUT2D eigenvalue weighted by Gasteiger charge is 2.23. The summed E-state index contributed by atoms with van der Waals surface area (Å²) in [7, 11) is 0. The first kappa shape index (κ1) is 15.9. The van der Waals surface area contributed by atoms with Crippen molar-refractivity contribution in [1.82, 2.24) is 10.2 Å². The van der Waals surface area contributed by atoms with Crippen LogP contribution in [0.3, 0.4) is 0 Å². The van der Waals surface area contributed by atoms with Crippen molar-refractivity contribution in [3.63, 3.8) is 0 Å². The molecule has 1 heterocycles. The average molecular weight is 292 g/mol. The smallest absolute Gasteiger partial charge is 0.324 e. The van der Waals surface area contributed by atoms with E-state index in [0.29, 0.717) is 19.7 Å². The SMILES string of the molecule is CCOC(=O)C(CN1CCOCC1)NCc1ccccc1.